The fourth-order valence-corrected chi connectivity index (χ4v) is 2.43. The first-order chi connectivity index (χ1) is 10.1. The zero-order valence-electron chi connectivity index (χ0n) is 12.9. The van der Waals surface area contributed by atoms with Crippen molar-refractivity contribution >= 4 is 17.6 Å². The average molecular weight is 313 g/mol. The van der Waals surface area contributed by atoms with Crippen LogP contribution in [0.25, 0.3) is 0 Å². The van der Waals surface area contributed by atoms with Gasteiger partial charge in [-0.05, 0) is 51.2 Å². The molecule has 0 aromatic carbocycles. The van der Waals surface area contributed by atoms with E-state index in [1.54, 1.807) is 6.08 Å². The highest BCUT2D eigenvalue weighted by atomic mass is 35.5. The van der Waals surface area contributed by atoms with Crippen molar-refractivity contribution in [2.45, 2.75) is 45.6 Å². The summed E-state index contributed by atoms with van der Waals surface area (Å²) in [5, 5.41) is 0.504. The molecule has 1 rings (SSSR count). The maximum atomic E-state index is 11.7. The van der Waals surface area contributed by atoms with Crippen LogP contribution in [0.3, 0.4) is 0 Å². The summed E-state index contributed by atoms with van der Waals surface area (Å²) in [6.45, 7) is 8.45. The lowest BCUT2D eigenvalue weighted by Crippen LogP contribution is -2.27. The summed E-state index contributed by atoms with van der Waals surface area (Å²) < 4.78 is 11.0. The quantitative estimate of drug-likeness (QED) is 0.517. The van der Waals surface area contributed by atoms with Crippen molar-refractivity contribution in [3.63, 3.8) is 0 Å². The third-order valence-electron chi connectivity index (χ3n) is 3.63. The maximum absolute atomic E-state index is 11.7. The van der Waals surface area contributed by atoms with E-state index >= 15 is 0 Å². The number of carbonyl (C=O) groups is 1. The molecule has 3 nitrogen and oxygen atoms in total. The molecule has 0 aromatic rings. The van der Waals surface area contributed by atoms with Gasteiger partial charge in [0.25, 0.3) is 0 Å². The van der Waals surface area contributed by atoms with Gasteiger partial charge in [-0.25, -0.2) is 0 Å². The summed E-state index contributed by atoms with van der Waals surface area (Å²) >= 11 is 5.71. The Bertz CT molecular complexity index is 404. The van der Waals surface area contributed by atoms with Crippen LogP contribution < -0.4 is 0 Å². The Morgan fingerprint density at radius 3 is 2.48 bits per heavy atom. The number of esters is 1. The number of ether oxygens (including phenoxy) is 2. The van der Waals surface area contributed by atoms with Crippen LogP contribution in [0.4, 0.5) is 0 Å². The van der Waals surface area contributed by atoms with Crippen LogP contribution in [-0.2, 0) is 14.3 Å². The number of carbonyl (C=O) groups excluding carboxylic acids is 1. The summed E-state index contributed by atoms with van der Waals surface area (Å²) in [7, 11) is 0. The van der Waals surface area contributed by atoms with Crippen LogP contribution in [-0.4, -0.2) is 25.3 Å². The van der Waals surface area contributed by atoms with Crippen LogP contribution >= 0.6 is 11.6 Å². The van der Waals surface area contributed by atoms with Gasteiger partial charge >= 0.3 is 5.97 Å². The molecule has 0 radical (unpaired) electrons. The Hall–Kier alpha value is -1.06. The summed E-state index contributed by atoms with van der Waals surface area (Å²) in [4.78, 5) is 11.7. The molecule has 118 valence electrons. The van der Waals surface area contributed by atoms with Gasteiger partial charge in [-0.2, -0.15) is 0 Å². The largest absolute Gasteiger partial charge is 0.466 e. The van der Waals surface area contributed by atoms with Gasteiger partial charge in [-0.3, -0.25) is 4.79 Å². The van der Waals surface area contributed by atoms with Crippen LogP contribution in [0, 0.1) is 5.92 Å². The van der Waals surface area contributed by atoms with E-state index in [0.29, 0.717) is 18.2 Å². The molecule has 0 spiro atoms. The van der Waals surface area contributed by atoms with E-state index < -0.39 is 0 Å². The average Bonchev–Trinajstić information content (AvgIpc) is 2.48. The van der Waals surface area contributed by atoms with Crippen LogP contribution in [0.1, 0.15) is 39.5 Å². The minimum absolute atomic E-state index is 0.0467. The van der Waals surface area contributed by atoms with Gasteiger partial charge in [-0.1, -0.05) is 30.3 Å². The Kier molecular flexibility index (Phi) is 8.40. The molecular formula is C17H25ClO3. The van der Waals surface area contributed by atoms with Gasteiger partial charge in [0.05, 0.1) is 25.2 Å². The topological polar surface area (TPSA) is 35.5 Å². The standard InChI is InChI=1S/C17H25ClO3/c1-4-14(7-6-13(3)18)12-21-16-10-8-15(9-11-16)17(19)20-5-2/h4,6-7,15-16H,3,5,8-12H2,1-2H3/b7-6-,14-4+/t15-,16-. The van der Waals surface area contributed by atoms with Crippen LogP contribution in [0.15, 0.2) is 35.4 Å². The normalized spacial score (nSPS) is 23.3. The van der Waals surface area contributed by atoms with Gasteiger partial charge in [0.2, 0.25) is 0 Å². The first-order valence-electron chi connectivity index (χ1n) is 7.52. The highest BCUT2D eigenvalue weighted by Crippen LogP contribution is 2.27. The highest BCUT2D eigenvalue weighted by Gasteiger charge is 2.27. The lowest BCUT2D eigenvalue weighted by atomic mass is 9.87. The molecule has 0 N–H and O–H groups in total. The smallest absolute Gasteiger partial charge is 0.308 e. The molecule has 1 aliphatic carbocycles. The number of rotatable bonds is 7. The molecule has 0 aromatic heterocycles. The summed E-state index contributed by atoms with van der Waals surface area (Å²) in [5.74, 6) is -0.0147. The van der Waals surface area contributed by atoms with E-state index in [0.717, 1.165) is 31.3 Å². The van der Waals surface area contributed by atoms with Crippen molar-refractivity contribution in [3.05, 3.63) is 35.4 Å². The lowest BCUT2D eigenvalue weighted by Gasteiger charge is -2.27. The van der Waals surface area contributed by atoms with E-state index in [9.17, 15) is 4.79 Å². The Labute approximate surface area is 132 Å². The Morgan fingerprint density at radius 2 is 1.95 bits per heavy atom. The zero-order valence-corrected chi connectivity index (χ0v) is 13.7. The summed E-state index contributed by atoms with van der Waals surface area (Å²) in [5.41, 5.74) is 1.07. The molecule has 0 heterocycles. The first-order valence-corrected chi connectivity index (χ1v) is 7.90. The van der Waals surface area contributed by atoms with Crippen molar-refractivity contribution < 1.29 is 14.3 Å². The molecular weight excluding hydrogens is 288 g/mol. The second-order valence-electron chi connectivity index (χ2n) is 5.18. The van der Waals surface area contributed by atoms with E-state index in [1.165, 1.54) is 0 Å². The van der Waals surface area contributed by atoms with Crippen molar-refractivity contribution in [1.82, 2.24) is 0 Å². The third kappa shape index (κ3) is 6.96. The minimum Gasteiger partial charge on any atom is -0.466 e. The SMILES string of the molecule is C=C(Cl)/C=C\C(=C/C)CO[C@H]1CC[C@H](C(=O)OCC)CC1. The number of hydrogen-bond donors (Lipinski definition) is 0. The fourth-order valence-electron chi connectivity index (χ4n) is 2.36. The molecule has 4 heteroatoms. The molecule has 0 atom stereocenters. The summed E-state index contributed by atoms with van der Waals surface area (Å²) in [6.07, 6.45) is 9.42. The maximum Gasteiger partial charge on any atom is 0.308 e. The van der Waals surface area contributed by atoms with E-state index in [4.69, 9.17) is 21.1 Å². The van der Waals surface area contributed by atoms with Gasteiger partial charge in [-0.15, -0.1) is 0 Å². The first kappa shape index (κ1) is 18.0. The number of halogens is 1. The van der Waals surface area contributed by atoms with Crippen molar-refractivity contribution in [2.75, 3.05) is 13.2 Å². The lowest BCUT2D eigenvalue weighted by molar-refractivity contribution is -0.150. The monoisotopic (exact) mass is 312 g/mol. The van der Waals surface area contributed by atoms with Crippen LogP contribution in [0.2, 0.25) is 0 Å². The molecule has 0 bridgehead atoms. The van der Waals surface area contributed by atoms with Crippen molar-refractivity contribution in [2.24, 2.45) is 5.92 Å². The van der Waals surface area contributed by atoms with E-state index in [2.05, 4.69) is 6.58 Å². The Morgan fingerprint density at radius 1 is 1.29 bits per heavy atom. The molecule has 1 aliphatic rings. The minimum atomic E-state index is -0.0614. The molecule has 0 unspecified atom stereocenters. The molecule has 1 saturated carbocycles. The van der Waals surface area contributed by atoms with E-state index in [-0.39, 0.29) is 18.0 Å². The fraction of sp³-hybridized carbons (Fsp3) is 0.588. The molecule has 1 fully saturated rings. The van der Waals surface area contributed by atoms with Crippen LogP contribution in [0.5, 0.6) is 0 Å². The highest BCUT2D eigenvalue weighted by molar-refractivity contribution is 6.30. The van der Waals surface area contributed by atoms with Gasteiger partial charge in [0.1, 0.15) is 0 Å². The molecule has 21 heavy (non-hydrogen) atoms. The third-order valence-corrected chi connectivity index (χ3v) is 3.75. The number of allylic oxidation sites excluding steroid dienone is 3. The predicted octanol–water partition coefficient (Wildman–Crippen LogP) is 4.38. The second kappa shape index (κ2) is 9.80. The zero-order chi connectivity index (χ0) is 15.7. The molecule has 0 amide bonds. The van der Waals surface area contributed by atoms with Gasteiger partial charge in [0.15, 0.2) is 0 Å². The Balaban J connectivity index is 2.32. The van der Waals surface area contributed by atoms with Gasteiger partial charge < -0.3 is 9.47 Å². The second-order valence-corrected chi connectivity index (χ2v) is 5.67. The number of hydrogen-bond acceptors (Lipinski definition) is 3. The van der Waals surface area contributed by atoms with Crippen molar-refractivity contribution in [3.8, 4) is 0 Å². The predicted molar refractivity (Wildman–Crippen MR) is 86.2 cm³/mol. The summed E-state index contributed by atoms with van der Waals surface area (Å²) in [6, 6.07) is 0. The van der Waals surface area contributed by atoms with Crippen molar-refractivity contribution in [1.29, 1.82) is 0 Å². The molecule has 0 saturated heterocycles. The van der Waals surface area contributed by atoms with E-state index in [1.807, 2.05) is 26.0 Å². The van der Waals surface area contributed by atoms with Gasteiger partial charge in [0, 0.05) is 5.03 Å². The molecule has 0 aliphatic heterocycles.